The number of nitro benzene ring substituents is 1. The maximum absolute atomic E-state index is 11.7. The highest BCUT2D eigenvalue weighted by molar-refractivity contribution is 5.67. The van der Waals surface area contributed by atoms with Crippen LogP contribution >= 0.6 is 0 Å². The van der Waals surface area contributed by atoms with Crippen LogP contribution in [0, 0.1) is 16.0 Å². The predicted molar refractivity (Wildman–Crippen MR) is 123 cm³/mol. The fourth-order valence-electron chi connectivity index (χ4n) is 4.40. The highest BCUT2D eigenvalue weighted by Crippen LogP contribution is 2.31. The molecule has 0 fully saturated rings. The molecule has 31 heavy (non-hydrogen) atoms. The molecule has 0 saturated carbocycles. The van der Waals surface area contributed by atoms with E-state index in [0.717, 1.165) is 36.3 Å². The van der Waals surface area contributed by atoms with Crippen LogP contribution in [0.25, 0.3) is 11.1 Å². The highest BCUT2D eigenvalue weighted by atomic mass is 16.6. The van der Waals surface area contributed by atoms with Crippen LogP contribution in [0.1, 0.15) is 23.1 Å². The van der Waals surface area contributed by atoms with Crippen LogP contribution in [0.3, 0.4) is 0 Å². The van der Waals surface area contributed by atoms with Crippen LogP contribution < -0.4 is 4.74 Å². The van der Waals surface area contributed by atoms with Crippen LogP contribution in [0.5, 0.6) is 5.75 Å². The van der Waals surface area contributed by atoms with E-state index >= 15 is 0 Å². The molecule has 4 rings (SSSR count). The third-order valence-corrected chi connectivity index (χ3v) is 5.92. The molecule has 1 atom stereocenters. The zero-order chi connectivity index (χ0) is 21.8. The Kier molecular flexibility index (Phi) is 6.33. The molecule has 0 aromatic heterocycles. The molecular formula is C26H28N2O3. The zero-order valence-corrected chi connectivity index (χ0v) is 18.1. The largest absolute Gasteiger partial charge is 0.489 e. The van der Waals surface area contributed by atoms with Crippen molar-refractivity contribution < 1.29 is 9.66 Å². The van der Waals surface area contributed by atoms with Gasteiger partial charge in [-0.1, -0.05) is 42.5 Å². The van der Waals surface area contributed by atoms with Gasteiger partial charge >= 0.3 is 0 Å². The zero-order valence-electron chi connectivity index (χ0n) is 18.1. The first-order chi connectivity index (χ1) is 15.0. The topological polar surface area (TPSA) is 55.6 Å². The molecule has 0 amide bonds. The number of ether oxygens (including phenoxy) is 1. The van der Waals surface area contributed by atoms with Gasteiger partial charge in [-0.15, -0.1) is 0 Å². The maximum atomic E-state index is 11.7. The summed E-state index contributed by atoms with van der Waals surface area (Å²) in [5, 5.41) is 11.7. The first-order valence-corrected chi connectivity index (χ1v) is 10.7. The summed E-state index contributed by atoms with van der Waals surface area (Å²) >= 11 is 0. The van der Waals surface area contributed by atoms with Crippen molar-refractivity contribution in [2.24, 2.45) is 5.92 Å². The number of nitrogens with zero attached hydrogens (tertiary/aromatic N) is 2. The third-order valence-electron chi connectivity index (χ3n) is 5.92. The molecule has 3 aromatic rings. The van der Waals surface area contributed by atoms with E-state index in [9.17, 15) is 10.1 Å². The fourth-order valence-corrected chi connectivity index (χ4v) is 4.40. The van der Waals surface area contributed by atoms with Gasteiger partial charge in [0.25, 0.3) is 5.69 Å². The third kappa shape index (κ3) is 5.12. The molecule has 3 aromatic carbocycles. The van der Waals surface area contributed by atoms with E-state index in [0.29, 0.717) is 11.5 Å². The average molecular weight is 417 g/mol. The number of fused-ring (bicyclic) bond motifs is 1. The Hall–Kier alpha value is -3.18. The fraction of sp³-hybridized carbons (Fsp3) is 0.308. The van der Waals surface area contributed by atoms with Crippen molar-refractivity contribution in [3.8, 4) is 16.9 Å². The van der Waals surface area contributed by atoms with E-state index in [1.165, 1.54) is 17.5 Å². The molecule has 1 aliphatic carbocycles. The molecule has 0 radical (unpaired) electrons. The lowest BCUT2D eigenvalue weighted by Crippen LogP contribution is -2.26. The lowest BCUT2D eigenvalue weighted by atomic mass is 9.83. The number of benzene rings is 3. The van der Waals surface area contributed by atoms with Crippen molar-refractivity contribution in [3.63, 3.8) is 0 Å². The summed E-state index contributed by atoms with van der Waals surface area (Å²) in [6.07, 6.45) is 3.33. The van der Waals surface area contributed by atoms with Crippen LogP contribution in [0.15, 0.2) is 66.7 Å². The number of aryl methyl sites for hydroxylation is 1. The Morgan fingerprint density at radius 2 is 1.81 bits per heavy atom. The van der Waals surface area contributed by atoms with Gasteiger partial charge in [0.2, 0.25) is 0 Å². The molecule has 0 bridgehead atoms. The lowest BCUT2D eigenvalue weighted by Gasteiger charge is -2.27. The first kappa shape index (κ1) is 21.1. The maximum Gasteiger partial charge on any atom is 0.276 e. The average Bonchev–Trinajstić information content (AvgIpc) is 2.77. The molecule has 0 N–H and O–H groups in total. The summed E-state index contributed by atoms with van der Waals surface area (Å²) in [7, 11) is 4.25. The molecule has 0 spiro atoms. The smallest absolute Gasteiger partial charge is 0.276 e. The van der Waals surface area contributed by atoms with E-state index in [4.69, 9.17) is 4.74 Å². The van der Waals surface area contributed by atoms with Gasteiger partial charge in [0.15, 0.2) is 0 Å². The molecule has 5 heteroatoms. The lowest BCUT2D eigenvalue weighted by molar-refractivity contribution is -0.385. The standard InChI is InChI=1S/C26H28N2O3/c1-27(2)17-19-8-9-22-15-25(13-12-21(22)14-19)31-18-24-11-10-23(16-26(24)28(29)30)20-6-4-3-5-7-20/h3-7,10-13,15-16,19H,8-9,14,17-18H2,1-2H3. The van der Waals surface area contributed by atoms with E-state index in [-0.39, 0.29) is 17.2 Å². The Balaban J connectivity index is 1.47. The van der Waals surface area contributed by atoms with E-state index in [1.807, 2.05) is 42.5 Å². The first-order valence-electron chi connectivity index (χ1n) is 10.7. The van der Waals surface area contributed by atoms with Crippen LogP contribution in [0.4, 0.5) is 5.69 Å². The summed E-state index contributed by atoms with van der Waals surface area (Å²) in [6.45, 7) is 1.29. The van der Waals surface area contributed by atoms with Gasteiger partial charge in [-0.3, -0.25) is 10.1 Å². The van der Waals surface area contributed by atoms with Gasteiger partial charge in [0.1, 0.15) is 12.4 Å². The second-order valence-electron chi connectivity index (χ2n) is 8.56. The second-order valence-corrected chi connectivity index (χ2v) is 8.56. The molecular weight excluding hydrogens is 388 g/mol. The van der Waals surface area contributed by atoms with Gasteiger partial charge in [0, 0.05) is 12.6 Å². The number of nitro groups is 1. The van der Waals surface area contributed by atoms with Gasteiger partial charge < -0.3 is 9.64 Å². The van der Waals surface area contributed by atoms with Crippen molar-refractivity contribution in [2.45, 2.75) is 25.9 Å². The van der Waals surface area contributed by atoms with Gasteiger partial charge in [-0.05, 0) is 79.7 Å². The predicted octanol–water partition coefficient (Wildman–Crippen LogP) is 5.51. The van der Waals surface area contributed by atoms with Gasteiger partial charge in [-0.25, -0.2) is 0 Å². The summed E-state index contributed by atoms with van der Waals surface area (Å²) in [5.74, 6) is 1.46. The normalized spacial score (nSPS) is 15.5. The summed E-state index contributed by atoms with van der Waals surface area (Å²) in [5.41, 5.74) is 5.18. The van der Waals surface area contributed by atoms with Gasteiger partial charge in [-0.2, -0.15) is 0 Å². The Morgan fingerprint density at radius 1 is 1.00 bits per heavy atom. The molecule has 5 nitrogen and oxygen atoms in total. The van der Waals surface area contributed by atoms with Crippen LogP contribution in [-0.2, 0) is 19.4 Å². The minimum atomic E-state index is -0.330. The van der Waals surface area contributed by atoms with E-state index in [1.54, 1.807) is 12.1 Å². The minimum Gasteiger partial charge on any atom is -0.489 e. The molecule has 160 valence electrons. The Bertz CT molecular complexity index is 1060. The van der Waals surface area contributed by atoms with E-state index < -0.39 is 0 Å². The number of hydrogen-bond acceptors (Lipinski definition) is 4. The summed E-state index contributed by atoms with van der Waals surface area (Å²) < 4.78 is 5.97. The summed E-state index contributed by atoms with van der Waals surface area (Å²) in [6, 6.07) is 21.3. The molecule has 1 aliphatic rings. The van der Waals surface area contributed by atoms with E-state index in [2.05, 4.69) is 31.1 Å². The van der Waals surface area contributed by atoms with Crippen molar-refractivity contribution >= 4 is 5.69 Å². The monoisotopic (exact) mass is 416 g/mol. The Labute approximate surface area is 183 Å². The van der Waals surface area contributed by atoms with Crippen LogP contribution in [-0.4, -0.2) is 30.5 Å². The molecule has 0 saturated heterocycles. The second kappa shape index (κ2) is 9.31. The minimum absolute atomic E-state index is 0.0887. The molecule has 0 heterocycles. The van der Waals surface area contributed by atoms with Crippen molar-refractivity contribution in [1.29, 1.82) is 0 Å². The van der Waals surface area contributed by atoms with Crippen molar-refractivity contribution in [3.05, 3.63) is 93.5 Å². The SMILES string of the molecule is CN(C)CC1CCc2cc(OCc3ccc(-c4ccccc4)cc3[N+](=O)[O-])ccc2C1. The van der Waals surface area contributed by atoms with Crippen molar-refractivity contribution in [2.75, 3.05) is 20.6 Å². The Morgan fingerprint density at radius 3 is 2.55 bits per heavy atom. The number of rotatable bonds is 7. The highest BCUT2D eigenvalue weighted by Gasteiger charge is 2.20. The van der Waals surface area contributed by atoms with Crippen molar-refractivity contribution in [1.82, 2.24) is 4.90 Å². The molecule has 0 aliphatic heterocycles. The van der Waals surface area contributed by atoms with Crippen LogP contribution in [0.2, 0.25) is 0 Å². The molecule has 1 unspecified atom stereocenters. The number of hydrogen-bond donors (Lipinski definition) is 0. The van der Waals surface area contributed by atoms with Gasteiger partial charge in [0.05, 0.1) is 10.5 Å². The summed E-state index contributed by atoms with van der Waals surface area (Å²) in [4.78, 5) is 13.6. The quantitative estimate of drug-likeness (QED) is 0.377.